The van der Waals surface area contributed by atoms with E-state index in [9.17, 15) is 0 Å². The van der Waals surface area contributed by atoms with E-state index in [0.717, 1.165) is 105 Å². The molecule has 0 aliphatic carbocycles. The number of rotatable bonds is 5. The Morgan fingerprint density at radius 3 is 2.03 bits per heavy atom. The van der Waals surface area contributed by atoms with Gasteiger partial charge in [-0.25, -0.2) is 4.98 Å². The normalized spacial score (nSPS) is 12.4. The fourth-order valence-electron chi connectivity index (χ4n) is 10.2. The summed E-state index contributed by atoms with van der Waals surface area (Å²) in [5.41, 5.74) is 16.6. The van der Waals surface area contributed by atoms with Crippen LogP contribution in [-0.4, -0.2) is 14.5 Å². The number of nitrogens with zero attached hydrogens (tertiary/aromatic N) is 3. The largest absolute Gasteiger partial charge is 0.488 e. The maximum atomic E-state index is 6.80. The van der Waals surface area contributed by atoms with Gasteiger partial charge in [-0.05, 0) is 100 Å². The monoisotopic (exact) mass is 833 g/mol. The molecule has 6 heteroatoms. The summed E-state index contributed by atoms with van der Waals surface area (Å²) in [5, 5.41) is 6.15. The van der Waals surface area contributed by atoms with E-state index < -0.39 is 0 Å². The number of hydrogen-bond acceptors (Lipinski definition) is 5. The Hall–Kier alpha value is -8.74. The predicted octanol–water partition coefficient (Wildman–Crippen LogP) is 15.6. The summed E-state index contributed by atoms with van der Waals surface area (Å²) in [5.74, 6) is 1.37. The minimum Gasteiger partial charge on any atom is -0.488 e. The molecular formula is C59H35N3O3. The van der Waals surface area contributed by atoms with Crippen LogP contribution in [0.5, 0.6) is 5.75 Å². The molecule has 0 fully saturated rings. The molecule has 6 nitrogen and oxygen atoms in total. The summed E-state index contributed by atoms with van der Waals surface area (Å²) >= 11 is 0. The molecule has 0 amide bonds. The zero-order valence-corrected chi connectivity index (χ0v) is 34.8. The van der Waals surface area contributed by atoms with E-state index in [1.54, 1.807) is 0 Å². The summed E-state index contributed by atoms with van der Waals surface area (Å²) in [6.07, 6.45) is 0. The van der Waals surface area contributed by atoms with Crippen molar-refractivity contribution >= 4 is 65.8 Å². The molecule has 0 spiro atoms. The highest BCUT2D eigenvalue weighted by Gasteiger charge is 2.27. The molecule has 0 bridgehead atoms. The number of aromatic nitrogens is 3. The van der Waals surface area contributed by atoms with Gasteiger partial charge in [-0.3, -0.25) is 0 Å². The number of benzene rings is 9. The van der Waals surface area contributed by atoms with Gasteiger partial charge in [-0.1, -0.05) is 133 Å². The standard InChI is InChI=1S/C59H35N3O3/c1-3-13-35(14-4-1)38-25-28-43-53(33-38)65-59-56(43)57(44-20-11-23-51-54(44)41-18-8-7-15-39(41)34-63-51)60-58(61-59)45-21-12-24-52-55(45)47-32-37(27-30-50(47)64-52)36-26-29-49-46(31-36)42-19-9-10-22-48(42)62(49)40-16-5-2-6-17-40/h1-33H,34H2. The summed E-state index contributed by atoms with van der Waals surface area (Å²) in [7, 11) is 0. The third-order valence-corrected chi connectivity index (χ3v) is 13.1. The van der Waals surface area contributed by atoms with Gasteiger partial charge >= 0.3 is 0 Å². The predicted molar refractivity (Wildman–Crippen MR) is 262 cm³/mol. The van der Waals surface area contributed by atoms with E-state index in [2.05, 4.69) is 174 Å². The molecule has 1 aliphatic rings. The molecule has 14 rings (SSSR count). The van der Waals surface area contributed by atoms with Gasteiger partial charge in [0.1, 0.15) is 29.1 Å². The molecule has 0 N–H and O–H groups in total. The van der Waals surface area contributed by atoms with Crippen LogP contribution in [-0.2, 0) is 6.61 Å². The Bertz CT molecular complexity index is 4070. The molecule has 9 aromatic carbocycles. The molecular weight excluding hydrogens is 799 g/mol. The quantitative estimate of drug-likeness (QED) is 0.173. The smallest absolute Gasteiger partial charge is 0.231 e. The Morgan fingerprint density at radius 2 is 1.12 bits per heavy atom. The number of hydrogen-bond donors (Lipinski definition) is 0. The summed E-state index contributed by atoms with van der Waals surface area (Å²) in [6, 6.07) is 70.1. The molecule has 0 unspecified atom stereocenters. The highest BCUT2D eigenvalue weighted by Crippen LogP contribution is 2.48. The molecule has 13 aromatic rings. The van der Waals surface area contributed by atoms with Crippen molar-refractivity contribution in [3.8, 4) is 67.5 Å². The van der Waals surface area contributed by atoms with Gasteiger partial charge in [0.15, 0.2) is 5.82 Å². The zero-order chi connectivity index (χ0) is 42.6. The average Bonchev–Trinajstić information content (AvgIpc) is 4.05. The van der Waals surface area contributed by atoms with Crippen LogP contribution in [0.3, 0.4) is 0 Å². The van der Waals surface area contributed by atoms with Crippen molar-refractivity contribution in [1.29, 1.82) is 0 Å². The number of para-hydroxylation sites is 2. The van der Waals surface area contributed by atoms with Crippen LogP contribution in [0.15, 0.2) is 209 Å². The van der Waals surface area contributed by atoms with Gasteiger partial charge in [0.25, 0.3) is 0 Å². The minimum absolute atomic E-state index is 0.510. The third kappa shape index (κ3) is 5.47. The Labute approximate surface area is 372 Å². The van der Waals surface area contributed by atoms with Crippen molar-refractivity contribution in [2.24, 2.45) is 0 Å². The minimum atomic E-state index is 0.510. The van der Waals surface area contributed by atoms with E-state index in [1.165, 1.54) is 21.8 Å². The molecule has 0 radical (unpaired) electrons. The highest BCUT2D eigenvalue weighted by molar-refractivity contribution is 6.16. The second kappa shape index (κ2) is 13.9. The van der Waals surface area contributed by atoms with Crippen molar-refractivity contribution in [3.05, 3.63) is 206 Å². The highest BCUT2D eigenvalue weighted by atomic mass is 16.5. The van der Waals surface area contributed by atoms with E-state index in [4.69, 9.17) is 23.5 Å². The first-order chi connectivity index (χ1) is 32.2. The maximum absolute atomic E-state index is 6.80. The van der Waals surface area contributed by atoms with Crippen molar-refractivity contribution in [2.75, 3.05) is 0 Å². The van der Waals surface area contributed by atoms with Crippen LogP contribution < -0.4 is 4.74 Å². The first-order valence-electron chi connectivity index (χ1n) is 21.9. The van der Waals surface area contributed by atoms with Crippen molar-refractivity contribution in [2.45, 2.75) is 6.61 Å². The molecule has 5 heterocycles. The Balaban J connectivity index is 0.986. The number of furan rings is 2. The van der Waals surface area contributed by atoms with E-state index in [1.807, 2.05) is 30.3 Å². The molecule has 65 heavy (non-hydrogen) atoms. The topological polar surface area (TPSA) is 66.2 Å². The molecule has 1 aliphatic heterocycles. The molecule has 304 valence electrons. The van der Waals surface area contributed by atoms with Crippen LogP contribution in [0.25, 0.3) is 128 Å². The van der Waals surface area contributed by atoms with Gasteiger partial charge in [-0.15, -0.1) is 0 Å². The van der Waals surface area contributed by atoms with Crippen LogP contribution >= 0.6 is 0 Å². The second-order valence-electron chi connectivity index (χ2n) is 16.8. The fraction of sp³-hybridized carbons (Fsp3) is 0.0169. The Morgan fingerprint density at radius 1 is 0.415 bits per heavy atom. The number of fused-ring (bicyclic) bond motifs is 12. The average molecular weight is 834 g/mol. The van der Waals surface area contributed by atoms with Crippen molar-refractivity contribution < 1.29 is 13.6 Å². The van der Waals surface area contributed by atoms with Gasteiger partial charge in [0, 0.05) is 49.3 Å². The lowest BCUT2D eigenvalue weighted by Gasteiger charge is -2.23. The van der Waals surface area contributed by atoms with Gasteiger partial charge < -0.3 is 18.1 Å². The van der Waals surface area contributed by atoms with Gasteiger partial charge in [0.05, 0.1) is 22.1 Å². The van der Waals surface area contributed by atoms with Crippen LogP contribution in [0, 0.1) is 0 Å². The fourth-order valence-corrected chi connectivity index (χ4v) is 10.2. The molecule has 0 saturated carbocycles. The zero-order valence-electron chi connectivity index (χ0n) is 34.8. The lowest BCUT2D eigenvalue weighted by molar-refractivity contribution is 0.302. The first kappa shape index (κ1) is 35.8. The summed E-state index contributed by atoms with van der Waals surface area (Å²) in [4.78, 5) is 10.8. The second-order valence-corrected chi connectivity index (χ2v) is 16.8. The SMILES string of the molecule is c1ccc(-c2ccc3c(c2)oc2nc(-c4cccc5oc6ccc(-c7ccc8c(c7)c7ccccc7n8-c7ccccc7)cc6c45)nc(-c4cccc5c4-c4ccccc4CO5)c23)cc1. The lowest BCUT2D eigenvalue weighted by atomic mass is 9.90. The van der Waals surface area contributed by atoms with Crippen molar-refractivity contribution in [3.63, 3.8) is 0 Å². The number of ether oxygens (including phenoxy) is 1. The molecule has 0 saturated heterocycles. The van der Waals surface area contributed by atoms with Crippen LogP contribution in [0.1, 0.15) is 5.56 Å². The van der Waals surface area contributed by atoms with E-state index in [0.29, 0.717) is 18.1 Å². The van der Waals surface area contributed by atoms with Gasteiger partial charge in [0.2, 0.25) is 5.71 Å². The molecule has 0 atom stereocenters. The first-order valence-corrected chi connectivity index (χ1v) is 21.9. The van der Waals surface area contributed by atoms with Crippen LogP contribution in [0.4, 0.5) is 0 Å². The van der Waals surface area contributed by atoms with E-state index >= 15 is 0 Å². The third-order valence-electron chi connectivity index (χ3n) is 13.1. The van der Waals surface area contributed by atoms with Crippen molar-refractivity contribution in [1.82, 2.24) is 14.5 Å². The maximum Gasteiger partial charge on any atom is 0.231 e. The lowest BCUT2D eigenvalue weighted by Crippen LogP contribution is -2.06. The summed E-state index contributed by atoms with van der Waals surface area (Å²) in [6.45, 7) is 0.510. The summed E-state index contributed by atoms with van der Waals surface area (Å²) < 4.78 is 22.2. The van der Waals surface area contributed by atoms with Crippen LogP contribution in [0.2, 0.25) is 0 Å². The Kier molecular flexibility index (Phi) is 7.65. The molecule has 4 aromatic heterocycles. The van der Waals surface area contributed by atoms with Gasteiger partial charge in [-0.2, -0.15) is 4.98 Å². The van der Waals surface area contributed by atoms with E-state index in [-0.39, 0.29) is 0 Å².